The van der Waals surface area contributed by atoms with Crippen LogP contribution in [-0.2, 0) is 6.54 Å². The van der Waals surface area contributed by atoms with Crippen LogP contribution in [-0.4, -0.2) is 11.8 Å². The minimum atomic E-state index is 0.260. The van der Waals surface area contributed by atoms with Crippen molar-refractivity contribution in [1.82, 2.24) is 4.98 Å². The molecule has 0 fully saturated rings. The van der Waals surface area contributed by atoms with E-state index in [4.69, 9.17) is 15.2 Å². The number of nitrogens with two attached hydrogens (primary N) is 1. The van der Waals surface area contributed by atoms with E-state index in [2.05, 4.69) is 4.98 Å². The average molecular weight is 152 g/mol. The van der Waals surface area contributed by atoms with Crippen LogP contribution < -0.4 is 15.2 Å². The third-order valence-corrected chi connectivity index (χ3v) is 1.50. The maximum Gasteiger partial charge on any atom is 0.260 e. The van der Waals surface area contributed by atoms with Crippen LogP contribution in [0.5, 0.6) is 11.6 Å². The zero-order chi connectivity index (χ0) is 7.68. The van der Waals surface area contributed by atoms with Crippen LogP contribution in [0.25, 0.3) is 0 Å². The fourth-order valence-electron chi connectivity index (χ4n) is 0.942. The van der Waals surface area contributed by atoms with Crippen molar-refractivity contribution in [2.75, 3.05) is 6.79 Å². The van der Waals surface area contributed by atoms with Gasteiger partial charge in [-0.1, -0.05) is 0 Å². The van der Waals surface area contributed by atoms with Crippen molar-refractivity contribution in [2.24, 2.45) is 5.73 Å². The molecular weight excluding hydrogens is 144 g/mol. The molecule has 0 amide bonds. The molecule has 0 aromatic carbocycles. The molecule has 0 saturated heterocycles. The van der Waals surface area contributed by atoms with Crippen LogP contribution in [0.2, 0.25) is 0 Å². The molecule has 2 rings (SSSR count). The lowest BCUT2D eigenvalue weighted by Gasteiger charge is -1.96. The smallest absolute Gasteiger partial charge is 0.260 e. The number of hydrogen-bond donors (Lipinski definition) is 1. The highest BCUT2D eigenvalue weighted by Gasteiger charge is 2.13. The molecule has 1 aliphatic rings. The predicted octanol–water partition coefficient (Wildman–Crippen LogP) is 0.269. The van der Waals surface area contributed by atoms with Crippen molar-refractivity contribution in [3.05, 3.63) is 17.8 Å². The highest BCUT2D eigenvalue weighted by Crippen LogP contribution is 2.28. The van der Waals surface area contributed by atoms with Crippen LogP contribution >= 0.6 is 0 Å². The largest absolute Gasteiger partial charge is 0.452 e. The topological polar surface area (TPSA) is 57.4 Å². The average Bonchev–Trinajstić information content (AvgIpc) is 2.50. The van der Waals surface area contributed by atoms with E-state index in [9.17, 15) is 0 Å². The molecule has 1 aliphatic heterocycles. The molecule has 1 aromatic rings. The summed E-state index contributed by atoms with van der Waals surface area (Å²) in [7, 11) is 0. The number of ether oxygens (including phenoxy) is 2. The van der Waals surface area contributed by atoms with E-state index in [1.54, 1.807) is 0 Å². The molecule has 58 valence electrons. The number of aromatic nitrogens is 1. The maximum atomic E-state index is 5.39. The molecule has 4 heteroatoms. The van der Waals surface area contributed by atoms with Gasteiger partial charge in [0, 0.05) is 6.54 Å². The second-order valence-corrected chi connectivity index (χ2v) is 2.22. The van der Waals surface area contributed by atoms with E-state index >= 15 is 0 Å². The van der Waals surface area contributed by atoms with Crippen molar-refractivity contribution in [1.29, 1.82) is 0 Å². The molecule has 0 bridgehead atoms. The summed E-state index contributed by atoms with van der Waals surface area (Å²) in [6, 6.07) is 3.64. The van der Waals surface area contributed by atoms with Gasteiger partial charge in [-0.05, 0) is 12.1 Å². The third kappa shape index (κ3) is 1.01. The molecule has 0 aliphatic carbocycles. The first-order valence-electron chi connectivity index (χ1n) is 3.36. The number of rotatable bonds is 1. The molecule has 11 heavy (non-hydrogen) atoms. The number of hydrogen-bond acceptors (Lipinski definition) is 4. The number of pyridine rings is 1. The molecule has 0 spiro atoms. The van der Waals surface area contributed by atoms with Gasteiger partial charge in [-0.15, -0.1) is 0 Å². The van der Waals surface area contributed by atoms with Gasteiger partial charge in [0.1, 0.15) is 0 Å². The predicted molar refractivity (Wildman–Crippen MR) is 38.3 cm³/mol. The monoisotopic (exact) mass is 152 g/mol. The zero-order valence-corrected chi connectivity index (χ0v) is 5.91. The van der Waals surface area contributed by atoms with Crippen LogP contribution in [0.15, 0.2) is 12.1 Å². The Hall–Kier alpha value is -1.29. The van der Waals surface area contributed by atoms with Crippen LogP contribution in [0.4, 0.5) is 0 Å². The summed E-state index contributed by atoms with van der Waals surface area (Å²) < 4.78 is 10.1. The van der Waals surface area contributed by atoms with Gasteiger partial charge in [0.2, 0.25) is 6.79 Å². The van der Waals surface area contributed by atoms with Gasteiger partial charge in [0.25, 0.3) is 5.88 Å². The van der Waals surface area contributed by atoms with Crippen LogP contribution in [0, 0.1) is 0 Å². The minimum Gasteiger partial charge on any atom is -0.452 e. The first-order valence-corrected chi connectivity index (χ1v) is 3.36. The number of nitrogens with zero attached hydrogens (tertiary/aromatic N) is 1. The Kier molecular flexibility index (Phi) is 1.40. The summed E-state index contributed by atoms with van der Waals surface area (Å²) in [5, 5.41) is 0. The van der Waals surface area contributed by atoms with E-state index in [1.165, 1.54) is 0 Å². The zero-order valence-electron chi connectivity index (χ0n) is 5.91. The van der Waals surface area contributed by atoms with Gasteiger partial charge in [0.15, 0.2) is 5.75 Å². The summed E-state index contributed by atoms with van der Waals surface area (Å²) in [6.07, 6.45) is 0. The Morgan fingerprint density at radius 2 is 2.36 bits per heavy atom. The maximum absolute atomic E-state index is 5.39. The second kappa shape index (κ2) is 2.39. The Bertz CT molecular complexity index is 275. The van der Waals surface area contributed by atoms with Gasteiger partial charge in [0.05, 0.1) is 5.69 Å². The number of fused-ring (bicyclic) bond motifs is 1. The van der Waals surface area contributed by atoms with E-state index < -0.39 is 0 Å². The molecule has 1 aromatic heterocycles. The van der Waals surface area contributed by atoms with E-state index in [1.807, 2.05) is 12.1 Å². The van der Waals surface area contributed by atoms with Gasteiger partial charge < -0.3 is 15.2 Å². The lowest BCUT2D eigenvalue weighted by Crippen LogP contribution is -1.99. The summed E-state index contributed by atoms with van der Waals surface area (Å²) >= 11 is 0. The van der Waals surface area contributed by atoms with E-state index in [-0.39, 0.29) is 6.79 Å². The quantitative estimate of drug-likeness (QED) is 0.627. The molecule has 2 heterocycles. The van der Waals surface area contributed by atoms with Gasteiger partial charge >= 0.3 is 0 Å². The summed E-state index contributed by atoms with van der Waals surface area (Å²) in [5.41, 5.74) is 6.20. The molecule has 0 atom stereocenters. The highest BCUT2D eigenvalue weighted by atomic mass is 16.7. The SMILES string of the molecule is NCc1ccc2c(n1)OCO2. The van der Waals surface area contributed by atoms with Crippen molar-refractivity contribution >= 4 is 0 Å². The molecular formula is C7H8N2O2. The lowest BCUT2D eigenvalue weighted by atomic mass is 10.3. The van der Waals surface area contributed by atoms with Crippen molar-refractivity contribution in [3.63, 3.8) is 0 Å². The molecule has 0 saturated carbocycles. The van der Waals surface area contributed by atoms with E-state index in [0.717, 1.165) is 5.69 Å². The van der Waals surface area contributed by atoms with Gasteiger partial charge in [-0.3, -0.25) is 0 Å². The Morgan fingerprint density at radius 1 is 1.45 bits per heavy atom. The van der Waals surface area contributed by atoms with E-state index in [0.29, 0.717) is 18.2 Å². The third-order valence-electron chi connectivity index (χ3n) is 1.50. The summed E-state index contributed by atoms with van der Waals surface area (Å²) in [5.74, 6) is 1.25. The molecule has 4 nitrogen and oxygen atoms in total. The van der Waals surface area contributed by atoms with Crippen LogP contribution in [0.3, 0.4) is 0 Å². The first kappa shape index (κ1) is 6.42. The van der Waals surface area contributed by atoms with Gasteiger partial charge in [-0.25, -0.2) is 4.98 Å². The van der Waals surface area contributed by atoms with Crippen molar-refractivity contribution in [3.8, 4) is 11.6 Å². The van der Waals surface area contributed by atoms with Crippen LogP contribution in [0.1, 0.15) is 5.69 Å². The first-order chi connectivity index (χ1) is 5.40. The summed E-state index contributed by atoms with van der Waals surface area (Å²) in [6.45, 7) is 0.687. The highest BCUT2D eigenvalue weighted by molar-refractivity contribution is 5.36. The Balaban J connectivity index is 2.41. The van der Waals surface area contributed by atoms with Crippen molar-refractivity contribution in [2.45, 2.75) is 6.54 Å². The second-order valence-electron chi connectivity index (χ2n) is 2.22. The van der Waals surface area contributed by atoms with Crippen molar-refractivity contribution < 1.29 is 9.47 Å². The molecule has 0 unspecified atom stereocenters. The summed E-state index contributed by atoms with van der Waals surface area (Å²) in [4.78, 5) is 4.10. The fourth-order valence-corrected chi connectivity index (χ4v) is 0.942. The lowest BCUT2D eigenvalue weighted by molar-refractivity contribution is 0.171. The fraction of sp³-hybridized carbons (Fsp3) is 0.286. The molecule has 0 radical (unpaired) electrons. The standard InChI is InChI=1S/C7H8N2O2/c8-3-5-1-2-6-7(9-5)11-4-10-6/h1-2H,3-4,8H2. The Labute approximate surface area is 63.9 Å². The normalized spacial score (nSPS) is 13.5. The minimum absolute atomic E-state index is 0.260. The van der Waals surface area contributed by atoms with Gasteiger partial charge in [-0.2, -0.15) is 0 Å². The molecule has 2 N–H and O–H groups in total. The Morgan fingerprint density at radius 3 is 3.18 bits per heavy atom.